The lowest BCUT2D eigenvalue weighted by Crippen LogP contribution is -2.12. The van der Waals surface area contributed by atoms with Crippen LogP contribution < -0.4 is 0 Å². The molecule has 0 aromatic heterocycles. The van der Waals surface area contributed by atoms with Gasteiger partial charge in [0.2, 0.25) is 0 Å². The summed E-state index contributed by atoms with van der Waals surface area (Å²) in [5.41, 5.74) is 2.65. The molecule has 0 N–H and O–H groups in total. The van der Waals surface area contributed by atoms with Gasteiger partial charge in [0.15, 0.2) is 0 Å². The molecule has 0 bridgehead atoms. The summed E-state index contributed by atoms with van der Waals surface area (Å²) in [6, 6.07) is 14.1. The first-order valence-electron chi connectivity index (χ1n) is 6.86. The van der Waals surface area contributed by atoms with Crippen LogP contribution in [0.25, 0.3) is 11.1 Å². The van der Waals surface area contributed by atoms with Crippen molar-refractivity contribution in [3.05, 3.63) is 71.8 Å². The van der Waals surface area contributed by atoms with Gasteiger partial charge < -0.3 is 9.47 Å². The first-order chi connectivity index (χ1) is 10.7. The molecule has 22 heavy (non-hydrogen) atoms. The van der Waals surface area contributed by atoms with E-state index in [1.165, 1.54) is 0 Å². The Kier molecular flexibility index (Phi) is 3.74. The second-order valence-electron chi connectivity index (χ2n) is 4.99. The molecule has 0 aliphatic carbocycles. The van der Waals surface area contributed by atoms with Gasteiger partial charge in [-0.1, -0.05) is 43.0 Å². The van der Waals surface area contributed by atoms with Gasteiger partial charge in [-0.2, -0.15) is 0 Å². The third-order valence-electron chi connectivity index (χ3n) is 3.40. The quantitative estimate of drug-likeness (QED) is 0.553. The fourth-order valence-electron chi connectivity index (χ4n) is 2.32. The Hall–Kier alpha value is -2.88. The highest BCUT2D eigenvalue weighted by atomic mass is 16.5. The molecular weight excluding hydrogens is 280 g/mol. The molecule has 1 aliphatic heterocycles. The standard InChI is InChI=1S/C18H14O4/c1-12-10-21-17(19)15-8-4-2-6-13(15)14-7-3-5-9-16(14)18(20)22-11-12/h2-9H,1,10-11H2. The van der Waals surface area contributed by atoms with Crippen molar-refractivity contribution in [1.29, 1.82) is 0 Å². The molecule has 4 nitrogen and oxygen atoms in total. The zero-order valence-electron chi connectivity index (χ0n) is 11.9. The van der Waals surface area contributed by atoms with Crippen LogP contribution >= 0.6 is 0 Å². The zero-order chi connectivity index (χ0) is 15.5. The molecule has 2 aromatic carbocycles. The van der Waals surface area contributed by atoms with Crippen LogP contribution in [0.15, 0.2) is 60.7 Å². The predicted molar refractivity (Wildman–Crippen MR) is 81.6 cm³/mol. The van der Waals surface area contributed by atoms with Gasteiger partial charge in [0.05, 0.1) is 11.1 Å². The van der Waals surface area contributed by atoms with Crippen molar-refractivity contribution in [1.82, 2.24) is 0 Å². The van der Waals surface area contributed by atoms with E-state index in [9.17, 15) is 9.59 Å². The Bertz CT molecular complexity index is 698. The number of benzene rings is 2. The molecule has 4 heteroatoms. The summed E-state index contributed by atoms with van der Waals surface area (Å²) in [7, 11) is 0. The van der Waals surface area contributed by atoms with E-state index < -0.39 is 11.9 Å². The number of ether oxygens (including phenoxy) is 2. The SMILES string of the molecule is C=C1COC(=O)c2ccccc2-c2ccccc2C(=O)OC1. The van der Waals surface area contributed by atoms with Crippen LogP contribution in [0, 0.1) is 0 Å². The van der Waals surface area contributed by atoms with Crippen LogP contribution in [0.2, 0.25) is 0 Å². The molecule has 0 fully saturated rings. The summed E-state index contributed by atoms with van der Waals surface area (Å²) < 4.78 is 10.5. The lowest BCUT2D eigenvalue weighted by Gasteiger charge is -2.11. The molecule has 0 saturated carbocycles. The van der Waals surface area contributed by atoms with Crippen LogP contribution in [-0.2, 0) is 9.47 Å². The monoisotopic (exact) mass is 294 g/mol. The highest BCUT2D eigenvalue weighted by Crippen LogP contribution is 2.28. The minimum atomic E-state index is -0.444. The van der Waals surface area contributed by atoms with Gasteiger partial charge in [-0.15, -0.1) is 0 Å². The topological polar surface area (TPSA) is 52.6 Å². The zero-order valence-corrected chi connectivity index (χ0v) is 11.9. The van der Waals surface area contributed by atoms with Crippen molar-refractivity contribution in [3.8, 4) is 11.1 Å². The first-order valence-corrected chi connectivity index (χ1v) is 6.86. The molecule has 0 unspecified atom stereocenters. The van der Waals surface area contributed by atoms with Gasteiger partial charge in [0.1, 0.15) is 13.2 Å². The van der Waals surface area contributed by atoms with Crippen molar-refractivity contribution >= 4 is 11.9 Å². The molecular formula is C18H14O4. The van der Waals surface area contributed by atoms with E-state index >= 15 is 0 Å². The number of hydrogen-bond acceptors (Lipinski definition) is 4. The predicted octanol–water partition coefficient (Wildman–Crippen LogP) is 3.24. The highest BCUT2D eigenvalue weighted by molar-refractivity contribution is 6.03. The van der Waals surface area contributed by atoms with Gasteiger partial charge in [0.25, 0.3) is 0 Å². The van der Waals surface area contributed by atoms with Gasteiger partial charge in [-0.05, 0) is 28.8 Å². The molecule has 0 atom stereocenters. The van der Waals surface area contributed by atoms with Gasteiger partial charge >= 0.3 is 11.9 Å². The summed E-state index contributed by atoms with van der Waals surface area (Å²) in [6.07, 6.45) is 0. The summed E-state index contributed by atoms with van der Waals surface area (Å²) in [6.45, 7) is 3.79. The molecule has 1 aliphatic rings. The Morgan fingerprint density at radius 2 is 1.05 bits per heavy atom. The maximum absolute atomic E-state index is 12.3. The van der Waals surface area contributed by atoms with Crippen molar-refractivity contribution in [2.24, 2.45) is 0 Å². The summed E-state index contributed by atoms with van der Waals surface area (Å²) in [5, 5.41) is 0. The average Bonchev–Trinajstić information content (AvgIpc) is 2.58. The van der Waals surface area contributed by atoms with E-state index in [0.29, 0.717) is 27.8 Å². The Morgan fingerprint density at radius 1 is 0.682 bits per heavy atom. The lowest BCUT2D eigenvalue weighted by molar-refractivity contribution is 0.0483. The number of cyclic esters (lactones) is 2. The fraction of sp³-hybridized carbons (Fsp3) is 0.111. The Balaban J connectivity index is 2.21. The van der Waals surface area contributed by atoms with Gasteiger partial charge in [0, 0.05) is 0 Å². The number of carbonyl (C=O) groups excluding carboxylic acids is 2. The maximum Gasteiger partial charge on any atom is 0.339 e. The summed E-state index contributed by atoms with van der Waals surface area (Å²) >= 11 is 0. The summed E-state index contributed by atoms with van der Waals surface area (Å²) in [4.78, 5) is 24.6. The number of rotatable bonds is 0. The second kappa shape index (κ2) is 5.85. The van der Waals surface area contributed by atoms with Crippen molar-refractivity contribution in [3.63, 3.8) is 0 Å². The van der Waals surface area contributed by atoms with E-state index in [0.717, 1.165) is 0 Å². The minimum absolute atomic E-state index is 0.0246. The molecule has 3 rings (SSSR count). The Morgan fingerprint density at radius 3 is 1.45 bits per heavy atom. The van der Waals surface area contributed by atoms with E-state index in [1.54, 1.807) is 36.4 Å². The first kappa shape index (κ1) is 14.1. The number of carbonyl (C=O) groups is 2. The van der Waals surface area contributed by atoms with Crippen molar-refractivity contribution in [2.45, 2.75) is 0 Å². The van der Waals surface area contributed by atoms with E-state index in [4.69, 9.17) is 9.47 Å². The fourth-order valence-corrected chi connectivity index (χ4v) is 2.32. The van der Waals surface area contributed by atoms with Crippen molar-refractivity contribution in [2.75, 3.05) is 13.2 Å². The van der Waals surface area contributed by atoms with Crippen LogP contribution in [-0.4, -0.2) is 25.2 Å². The molecule has 0 radical (unpaired) electrons. The van der Waals surface area contributed by atoms with E-state index in [-0.39, 0.29) is 13.2 Å². The number of esters is 2. The number of fused-ring (bicyclic) bond motifs is 3. The summed E-state index contributed by atoms with van der Waals surface area (Å²) in [5.74, 6) is -0.887. The smallest absolute Gasteiger partial charge is 0.339 e. The van der Waals surface area contributed by atoms with Crippen molar-refractivity contribution < 1.29 is 19.1 Å². The largest absolute Gasteiger partial charge is 0.457 e. The minimum Gasteiger partial charge on any atom is -0.457 e. The molecule has 0 amide bonds. The highest BCUT2D eigenvalue weighted by Gasteiger charge is 2.21. The molecule has 0 saturated heterocycles. The van der Waals surface area contributed by atoms with E-state index in [1.807, 2.05) is 12.1 Å². The maximum atomic E-state index is 12.3. The molecule has 2 aromatic rings. The third-order valence-corrected chi connectivity index (χ3v) is 3.40. The lowest BCUT2D eigenvalue weighted by atomic mass is 9.95. The van der Waals surface area contributed by atoms with Gasteiger partial charge in [-0.25, -0.2) is 9.59 Å². The van der Waals surface area contributed by atoms with Crippen LogP contribution in [0.1, 0.15) is 20.7 Å². The molecule has 110 valence electrons. The van der Waals surface area contributed by atoms with Gasteiger partial charge in [-0.3, -0.25) is 0 Å². The van der Waals surface area contributed by atoms with E-state index in [2.05, 4.69) is 6.58 Å². The normalized spacial score (nSPS) is 15.0. The second-order valence-corrected chi connectivity index (χ2v) is 4.99. The Labute approximate surface area is 128 Å². The third kappa shape index (κ3) is 2.63. The molecule has 0 spiro atoms. The van der Waals surface area contributed by atoms with Crippen LogP contribution in [0.4, 0.5) is 0 Å². The number of hydrogen-bond donors (Lipinski definition) is 0. The molecule has 1 heterocycles. The van der Waals surface area contributed by atoms with Crippen LogP contribution in [0.5, 0.6) is 0 Å². The van der Waals surface area contributed by atoms with Crippen LogP contribution in [0.3, 0.4) is 0 Å². The average molecular weight is 294 g/mol.